The second-order valence-corrected chi connectivity index (χ2v) is 4.18. The number of hydrogen-bond donors (Lipinski definition) is 1. The number of carbonyl (C=O) groups excluding carboxylic acids is 2. The van der Waals surface area contributed by atoms with E-state index in [1.165, 1.54) is 18.2 Å². The van der Waals surface area contributed by atoms with Gasteiger partial charge in [0, 0.05) is 12.3 Å². The first-order chi connectivity index (χ1) is 10.6. The first kappa shape index (κ1) is 15.2. The fraction of sp³-hybridized carbons (Fsp3) is 0.143. The Morgan fingerprint density at radius 2 is 1.91 bits per heavy atom. The summed E-state index contributed by atoms with van der Waals surface area (Å²) < 4.78 is 9.79. The van der Waals surface area contributed by atoms with Crippen molar-refractivity contribution in [1.82, 2.24) is 4.98 Å². The monoisotopic (exact) mass is 304 g/mol. The fourth-order valence-corrected chi connectivity index (χ4v) is 1.64. The lowest BCUT2D eigenvalue weighted by molar-refractivity contribution is -0.385. The summed E-state index contributed by atoms with van der Waals surface area (Å²) in [7, 11) is 0. The molecule has 1 aromatic carbocycles. The van der Waals surface area contributed by atoms with E-state index < -0.39 is 24.1 Å². The summed E-state index contributed by atoms with van der Waals surface area (Å²) in [6.07, 6.45) is 1.58. The zero-order valence-corrected chi connectivity index (χ0v) is 11.4. The maximum absolute atomic E-state index is 11.6. The van der Waals surface area contributed by atoms with Crippen LogP contribution in [0.15, 0.2) is 42.6 Å². The summed E-state index contributed by atoms with van der Waals surface area (Å²) in [5.74, 6) is -1.22. The van der Waals surface area contributed by atoms with Crippen LogP contribution >= 0.6 is 0 Å². The molecule has 22 heavy (non-hydrogen) atoms. The molecule has 2 rings (SSSR count). The normalized spacial score (nSPS) is 10.0. The van der Waals surface area contributed by atoms with Crippen molar-refractivity contribution in [1.29, 1.82) is 0 Å². The molecule has 0 aliphatic rings. The number of para-hydroxylation sites is 2. The lowest BCUT2D eigenvalue weighted by atomic mass is 10.3. The highest BCUT2D eigenvalue weighted by Gasteiger charge is 2.16. The Kier molecular flexibility index (Phi) is 4.86. The van der Waals surface area contributed by atoms with Gasteiger partial charge in [0.05, 0.1) is 10.6 Å². The van der Waals surface area contributed by atoms with Gasteiger partial charge in [-0.05, 0) is 18.2 Å². The molecule has 0 saturated carbocycles. The van der Waals surface area contributed by atoms with Gasteiger partial charge in [0.1, 0.15) is 0 Å². The molecule has 0 bridgehead atoms. The molecule has 0 saturated heterocycles. The Morgan fingerprint density at radius 3 is 2.59 bits per heavy atom. The summed E-state index contributed by atoms with van der Waals surface area (Å²) in [5, 5.41) is 10.8. The molecule has 8 heteroatoms. The van der Waals surface area contributed by atoms with Crippen LogP contribution in [0.2, 0.25) is 0 Å². The van der Waals surface area contributed by atoms with E-state index >= 15 is 0 Å². The maximum Gasteiger partial charge on any atom is 0.344 e. The molecule has 0 atom stereocenters. The SMILES string of the molecule is O=C(COc1ccccc1[N+](=O)[O-])OCC(=O)c1ccc[nH]1. The number of carbonyl (C=O) groups is 2. The first-order valence-electron chi connectivity index (χ1n) is 6.26. The number of H-pyrrole nitrogens is 1. The van der Waals surface area contributed by atoms with Crippen LogP contribution in [0, 0.1) is 10.1 Å². The average molecular weight is 304 g/mol. The van der Waals surface area contributed by atoms with Crippen molar-refractivity contribution in [3.05, 3.63) is 58.4 Å². The van der Waals surface area contributed by atoms with Crippen LogP contribution in [0.5, 0.6) is 5.75 Å². The van der Waals surface area contributed by atoms with Crippen molar-refractivity contribution in [3.8, 4) is 5.75 Å². The van der Waals surface area contributed by atoms with Crippen molar-refractivity contribution in [3.63, 3.8) is 0 Å². The van der Waals surface area contributed by atoms with Gasteiger partial charge in [0.2, 0.25) is 5.78 Å². The van der Waals surface area contributed by atoms with Gasteiger partial charge >= 0.3 is 11.7 Å². The topological polar surface area (TPSA) is 112 Å². The fourth-order valence-electron chi connectivity index (χ4n) is 1.64. The predicted octanol–water partition coefficient (Wildman–Crippen LogP) is 1.73. The summed E-state index contributed by atoms with van der Waals surface area (Å²) in [5.41, 5.74) is 0.0742. The van der Waals surface area contributed by atoms with Crippen LogP contribution in [0.25, 0.3) is 0 Å². The number of benzene rings is 1. The molecule has 8 nitrogen and oxygen atoms in total. The summed E-state index contributed by atoms with van der Waals surface area (Å²) in [4.78, 5) is 35.9. The van der Waals surface area contributed by atoms with E-state index in [2.05, 4.69) is 4.98 Å². The van der Waals surface area contributed by atoms with Crippen molar-refractivity contribution >= 4 is 17.4 Å². The third-order valence-electron chi connectivity index (χ3n) is 2.67. The Hall–Kier alpha value is -3.16. The second-order valence-electron chi connectivity index (χ2n) is 4.18. The third kappa shape index (κ3) is 3.92. The van der Waals surface area contributed by atoms with Crippen LogP contribution in [0.1, 0.15) is 10.5 Å². The van der Waals surface area contributed by atoms with Gasteiger partial charge in [-0.1, -0.05) is 12.1 Å². The number of hydrogen-bond acceptors (Lipinski definition) is 6. The molecule has 1 aromatic heterocycles. The van der Waals surface area contributed by atoms with E-state index in [0.717, 1.165) is 0 Å². The van der Waals surface area contributed by atoms with E-state index in [4.69, 9.17) is 9.47 Å². The number of aromatic nitrogens is 1. The number of aromatic amines is 1. The number of esters is 1. The molecule has 1 N–H and O–H groups in total. The quantitative estimate of drug-likeness (QED) is 0.361. The zero-order chi connectivity index (χ0) is 15.9. The lowest BCUT2D eigenvalue weighted by Crippen LogP contribution is -2.19. The van der Waals surface area contributed by atoms with Gasteiger partial charge in [-0.25, -0.2) is 4.79 Å². The number of nitrogens with zero attached hydrogens (tertiary/aromatic N) is 1. The van der Waals surface area contributed by atoms with Crippen LogP contribution in [0.4, 0.5) is 5.69 Å². The number of nitrogens with one attached hydrogen (secondary N) is 1. The Balaban J connectivity index is 1.83. The molecule has 1 heterocycles. The van der Waals surface area contributed by atoms with Crippen molar-refractivity contribution in [2.45, 2.75) is 0 Å². The van der Waals surface area contributed by atoms with Gasteiger partial charge in [-0.15, -0.1) is 0 Å². The third-order valence-corrected chi connectivity index (χ3v) is 2.67. The highest BCUT2D eigenvalue weighted by molar-refractivity contribution is 5.96. The van der Waals surface area contributed by atoms with Crippen molar-refractivity contribution in [2.24, 2.45) is 0 Å². The van der Waals surface area contributed by atoms with Crippen molar-refractivity contribution in [2.75, 3.05) is 13.2 Å². The lowest BCUT2D eigenvalue weighted by Gasteiger charge is -2.06. The van der Waals surface area contributed by atoms with E-state index in [1.807, 2.05) is 0 Å². The largest absolute Gasteiger partial charge is 0.475 e. The highest BCUT2D eigenvalue weighted by Crippen LogP contribution is 2.25. The molecule has 2 aromatic rings. The van der Waals surface area contributed by atoms with E-state index in [1.54, 1.807) is 24.4 Å². The summed E-state index contributed by atoms with van der Waals surface area (Å²) in [6, 6.07) is 8.86. The molecule has 0 radical (unpaired) electrons. The number of Topliss-reactive ketones (excluding diaryl/α,β-unsaturated/α-hetero) is 1. The molecule has 0 unspecified atom stereocenters. The van der Waals surface area contributed by atoms with Gasteiger partial charge in [-0.2, -0.15) is 0 Å². The van der Waals surface area contributed by atoms with Crippen LogP contribution in [-0.2, 0) is 9.53 Å². The van der Waals surface area contributed by atoms with Gasteiger partial charge in [-0.3, -0.25) is 14.9 Å². The minimum absolute atomic E-state index is 0.0415. The molecule has 114 valence electrons. The molecular formula is C14H12N2O6. The average Bonchev–Trinajstić information content (AvgIpc) is 3.05. The van der Waals surface area contributed by atoms with Crippen LogP contribution < -0.4 is 4.74 Å². The van der Waals surface area contributed by atoms with E-state index in [-0.39, 0.29) is 17.2 Å². The first-order valence-corrected chi connectivity index (χ1v) is 6.26. The number of ether oxygens (including phenoxy) is 2. The van der Waals surface area contributed by atoms with Crippen LogP contribution in [-0.4, -0.2) is 34.9 Å². The zero-order valence-electron chi connectivity index (χ0n) is 11.4. The molecule has 0 amide bonds. The minimum Gasteiger partial charge on any atom is -0.475 e. The maximum atomic E-state index is 11.6. The number of rotatable bonds is 7. The smallest absolute Gasteiger partial charge is 0.344 e. The number of nitro groups is 1. The van der Waals surface area contributed by atoms with E-state index in [9.17, 15) is 19.7 Å². The number of nitro benzene ring substituents is 1. The Bertz CT molecular complexity index is 680. The Labute approximate surface area is 124 Å². The van der Waals surface area contributed by atoms with Gasteiger partial charge < -0.3 is 14.5 Å². The van der Waals surface area contributed by atoms with Gasteiger partial charge in [0.15, 0.2) is 19.0 Å². The number of ketones is 1. The molecule has 0 aliphatic carbocycles. The van der Waals surface area contributed by atoms with Gasteiger partial charge in [0.25, 0.3) is 0 Å². The standard InChI is InChI=1S/C14H12N2O6/c17-12(10-4-3-7-15-10)8-22-14(18)9-21-13-6-2-1-5-11(13)16(19)20/h1-7,15H,8-9H2. The molecule has 0 fully saturated rings. The molecule has 0 aliphatic heterocycles. The summed E-state index contributed by atoms with van der Waals surface area (Å²) in [6.45, 7) is -0.956. The summed E-state index contributed by atoms with van der Waals surface area (Å²) >= 11 is 0. The van der Waals surface area contributed by atoms with E-state index in [0.29, 0.717) is 5.69 Å². The predicted molar refractivity (Wildman–Crippen MR) is 74.7 cm³/mol. The highest BCUT2D eigenvalue weighted by atomic mass is 16.6. The van der Waals surface area contributed by atoms with Crippen LogP contribution in [0.3, 0.4) is 0 Å². The minimum atomic E-state index is -0.793. The van der Waals surface area contributed by atoms with Crippen molar-refractivity contribution < 1.29 is 24.0 Å². The second kappa shape index (κ2) is 7.02. The molecular weight excluding hydrogens is 292 g/mol. The Morgan fingerprint density at radius 1 is 1.14 bits per heavy atom. The molecule has 0 spiro atoms.